The molecule has 0 spiro atoms. The highest BCUT2D eigenvalue weighted by Gasteiger charge is 2.33. The van der Waals surface area contributed by atoms with Crippen LogP contribution in [0, 0.1) is 5.92 Å². The number of fused-ring (bicyclic) bond motifs is 2. The van der Waals surface area contributed by atoms with Crippen LogP contribution in [0.4, 0.5) is 0 Å². The van der Waals surface area contributed by atoms with Crippen LogP contribution in [0.25, 0.3) is 0 Å². The summed E-state index contributed by atoms with van der Waals surface area (Å²) in [5.74, 6) is -0.0725. The number of aromatic nitrogens is 2. The van der Waals surface area contributed by atoms with E-state index in [0.717, 1.165) is 24.1 Å². The number of amides is 1. The minimum Gasteiger partial charge on any atom is -0.394 e. The van der Waals surface area contributed by atoms with Crippen molar-refractivity contribution in [3.05, 3.63) is 63.1 Å². The zero-order valence-electron chi connectivity index (χ0n) is 14.6. The van der Waals surface area contributed by atoms with Crippen molar-refractivity contribution in [1.82, 2.24) is 15.5 Å². The molecule has 1 aromatic carbocycles. The van der Waals surface area contributed by atoms with E-state index in [4.69, 9.17) is 0 Å². The Morgan fingerprint density at radius 2 is 2.12 bits per heavy atom. The quantitative estimate of drug-likeness (QED) is 0.767. The molecule has 0 saturated heterocycles. The molecule has 0 radical (unpaired) electrons. The number of hydrogen-bond donors (Lipinski definition) is 3. The lowest BCUT2D eigenvalue weighted by molar-refractivity contribution is -0.126. The number of rotatable bonds is 4. The van der Waals surface area contributed by atoms with E-state index in [1.54, 1.807) is 6.07 Å². The van der Waals surface area contributed by atoms with Gasteiger partial charge in [-0.2, -0.15) is 5.10 Å². The summed E-state index contributed by atoms with van der Waals surface area (Å²) in [6.45, 7) is -0.0741. The fraction of sp³-hybridized carbons (Fsp3) is 0.450. The van der Waals surface area contributed by atoms with Gasteiger partial charge in [0.05, 0.1) is 18.3 Å². The van der Waals surface area contributed by atoms with Gasteiger partial charge in [0.25, 0.3) is 5.56 Å². The summed E-state index contributed by atoms with van der Waals surface area (Å²) in [7, 11) is 0. The number of carbonyl (C=O) groups excluding carboxylic acids is 1. The average molecular weight is 353 g/mol. The van der Waals surface area contributed by atoms with Gasteiger partial charge in [-0.05, 0) is 48.8 Å². The van der Waals surface area contributed by atoms with Gasteiger partial charge in [-0.25, -0.2) is 5.10 Å². The number of H-pyrrole nitrogens is 1. The molecule has 2 aliphatic rings. The average Bonchev–Trinajstić information content (AvgIpc) is 3.09. The van der Waals surface area contributed by atoms with Gasteiger partial charge in [-0.1, -0.05) is 24.3 Å². The lowest BCUT2D eigenvalue weighted by Crippen LogP contribution is -2.45. The van der Waals surface area contributed by atoms with Crippen molar-refractivity contribution in [2.45, 2.75) is 44.1 Å². The Labute approximate surface area is 151 Å². The molecule has 0 aliphatic heterocycles. The second kappa shape index (κ2) is 7.03. The largest absolute Gasteiger partial charge is 0.394 e. The normalized spacial score (nSPS) is 22.3. The number of aryl methyl sites for hydroxylation is 2. The van der Waals surface area contributed by atoms with Crippen LogP contribution in [-0.4, -0.2) is 33.9 Å². The summed E-state index contributed by atoms with van der Waals surface area (Å²) in [5, 5.41) is 19.5. The third-order valence-electron chi connectivity index (χ3n) is 5.73. The minimum absolute atomic E-state index is 0.0423. The summed E-state index contributed by atoms with van der Waals surface area (Å²) in [6.07, 6.45) is 3.84. The van der Waals surface area contributed by atoms with E-state index in [1.165, 1.54) is 11.1 Å². The SMILES string of the molecule is O=C(NC(CO)C1CCc2ccccc21)C1CCc2n[nH]c(=O)cc2C1. The van der Waals surface area contributed by atoms with Crippen molar-refractivity contribution in [3.8, 4) is 0 Å². The van der Waals surface area contributed by atoms with Crippen molar-refractivity contribution in [2.24, 2.45) is 5.92 Å². The molecule has 1 aromatic heterocycles. The maximum absolute atomic E-state index is 12.8. The first-order valence-corrected chi connectivity index (χ1v) is 9.22. The Kier molecular flexibility index (Phi) is 4.59. The number of benzene rings is 1. The van der Waals surface area contributed by atoms with Crippen LogP contribution in [0.2, 0.25) is 0 Å². The Hall–Kier alpha value is -2.47. The van der Waals surface area contributed by atoms with Crippen LogP contribution in [0.15, 0.2) is 35.1 Å². The first-order valence-electron chi connectivity index (χ1n) is 9.22. The van der Waals surface area contributed by atoms with Crippen LogP contribution in [0.1, 0.15) is 41.1 Å². The third-order valence-corrected chi connectivity index (χ3v) is 5.73. The number of nitrogens with zero attached hydrogens (tertiary/aromatic N) is 1. The lowest BCUT2D eigenvalue weighted by atomic mass is 9.85. The van der Waals surface area contributed by atoms with Gasteiger partial charge >= 0.3 is 0 Å². The fourth-order valence-corrected chi connectivity index (χ4v) is 4.35. The molecule has 2 aliphatic carbocycles. The van der Waals surface area contributed by atoms with Gasteiger partial charge < -0.3 is 10.4 Å². The molecule has 1 heterocycles. The Morgan fingerprint density at radius 3 is 2.96 bits per heavy atom. The molecule has 136 valence electrons. The van der Waals surface area contributed by atoms with Gasteiger partial charge in [0.2, 0.25) is 5.91 Å². The Balaban J connectivity index is 1.46. The van der Waals surface area contributed by atoms with Gasteiger partial charge in [0, 0.05) is 17.9 Å². The topological polar surface area (TPSA) is 95.1 Å². The predicted octanol–water partition coefficient (Wildman–Crippen LogP) is 1.08. The standard InChI is InChI=1S/C20H23N3O3/c24-11-18(16-7-5-12-3-1-2-4-15(12)16)21-20(26)13-6-8-17-14(9-13)10-19(25)23-22-17/h1-4,10,13,16,18,24H,5-9,11H2,(H,21,26)(H,23,25). The molecule has 3 N–H and O–H groups in total. The van der Waals surface area contributed by atoms with Crippen LogP contribution < -0.4 is 10.9 Å². The van der Waals surface area contributed by atoms with Crippen LogP contribution in [0.5, 0.6) is 0 Å². The molecular weight excluding hydrogens is 330 g/mol. The highest BCUT2D eigenvalue weighted by atomic mass is 16.3. The number of nitrogens with one attached hydrogen (secondary N) is 2. The summed E-state index contributed by atoms with van der Waals surface area (Å²) >= 11 is 0. The molecule has 3 unspecified atom stereocenters. The summed E-state index contributed by atoms with van der Waals surface area (Å²) in [6, 6.07) is 9.52. The van der Waals surface area contributed by atoms with Gasteiger partial charge in [-0.3, -0.25) is 9.59 Å². The molecule has 3 atom stereocenters. The number of aliphatic hydroxyl groups is 1. The fourth-order valence-electron chi connectivity index (χ4n) is 4.35. The van der Waals surface area contributed by atoms with Crippen LogP contribution in [-0.2, 0) is 24.1 Å². The molecule has 6 nitrogen and oxygen atoms in total. The van der Waals surface area contributed by atoms with Crippen molar-refractivity contribution in [1.29, 1.82) is 0 Å². The van der Waals surface area contributed by atoms with Crippen molar-refractivity contribution >= 4 is 5.91 Å². The van der Waals surface area contributed by atoms with Crippen molar-refractivity contribution < 1.29 is 9.90 Å². The van der Waals surface area contributed by atoms with E-state index in [-0.39, 0.29) is 36.0 Å². The van der Waals surface area contributed by atoms with Gasteiger partial charge in [0.1, 0.15) is 0 Å². The Morgan fingerprint density at radius 1 is 1.27 bits per heavy atom. The molecule has 0 bridgehead atoms. The molecule has 0 fully saturated rings. The molecule has 0 saturated carbocycles. The number of hydrogen-bond acceptors (Lipinski definition) is 4. The van der Waals surface area contributed by atoms with Crippen molar-refractivity contribution in [2.75, 3.05) is 6.61 Å². The first-order chi connectivity index (χ1) is 12.7. The highest BCUT2D eigenvalue weighted by Crippen LogP contribution is 2.35. The molecular formula is C20H23N3O3. The summed E-state index contributed by atoms with van der Waals surface area (Å²) in [4.78, 5) is 24.3. The van der Waals surface area contributed by atoms with Crippen molar-refractivity contribution in [3.63, 3.8) is 0 Å². The first kappa shape index (κ1) is 17.0. The van der Waals surface area contributed by atoms with E-state index in [9.17, 15) is 14.7 Å². The zero-order valence-corrected chi connectivity index (χ0v) is 14.6. The van der Waals surface area contributed by atoms with E-state index < -0.39 is 0 Å². The zero-order chi connectivity index (χ0) is 18.1. The second-order valence-electron chi connectivity index (χ2n) is 7.29. The van der Waals surface area contributed by atoms with E-state index in [0.29, 0.717) is 19.3 Å². The maximum atomic E-state index is 12.8. The lowest BCUT2D eigenvalue weighted by Gasteiger charge is -2.28. The monoisotopic (exact) mass is 353 g/mol. The highest BCUT2D eigenvalue weighted by molar-refractivity contribution is 5.79. The van der Waals surface area contributed by atoms with Crippen LogP contribution in [0.3, 0.4) is 0 Å². The molecule has 6 heteroatoms. The molecule has 2 aromatic rings. The van der Waals surface area contributed by atoms with E-state index in [2.05, 4.69) is 27.6 Å². The Bertz CT molecular complexity index is 877. The number of aromatic amines is 1. The maximum Gasteiger partial charge on any atom is 0.264 e. The molecule has 1 amide bonds. The second-order valence-corrected chi connectivity index (χ2v) is 7.29. The van der Waals surface area contributed by atoms with Gasteiger partial charge in [0.15, 0.2) is 0 Å². The van der Waals surface area contributed by atoms with E-state index >= 15 is 0 Å². The number of aliphatic hydroxyl groups excluding tert-OH is 1. The minimum atomic E-state index is -0.273. The van der Waals surface area contributed by atoms with Gasteiger partial charge in [-0.15, -0.1) is 0 Å². The van der Waals surface area contributed by atoms with Crippen LogP contribution >= 0.6 is 0 Å². The number of carbonyl (C=O) groups is 1. The third kappa shape index (κ3) is 3.17. The summed E-state index contributed by atoms with van der Waals surface area (Å²) < 4.78 is 0. The molecule has 26 heavy (non-hydrogen) atoms. The predicted molar refractivity (Wildman–Crippen MR) is 96.9 cm³/mol. The van der Waals surface area contributed by atoms with E-state index in [1.807, 2.05) is 12.1 Å². The molecule has 4 rings (SSSR count). The summed E-state index contributed by atoms with van der Waals surface area (Å²) in [5.41, 5.74) is 4.03. The smallest absolute Gasteiger partial charge is 0.264 e.